The Labute approximate surface area is 166 Å². The van der Waals surface area contributed by atoms with Crippen LogP contribution in [-0.2, 0) is 9.59 Å². The molecule has 2 aliphatic heterocycles. The summed E-state index contributed by atoms with van der Waals surface area (Å²) in [5.41, 5.74) is 2.49. The molecular weight excluding hydrogens is 372 g/mol. The monoisotopic (exact) mass is 392 g/mol. The van der Waals surface area contributed by atoms with Gasteiger partial charge in [-0.25, -0.2) is 4.98 Å². The molecule has 8 heteroatoms. The number of anilines is 1. The van der Waals surface area contributed by atoms with Gasteiger partial charge in [0.2, 0.25) is 18.6 Å². The minimum atomic E-state index is -0.417. The van der Waals surface area contributed by atoms with Gasteiger partial charge >= 0.3 is 0 Å². The van der Waals surface area contributed by atoms with Crippen molar-refractivity contribution in [3.8, 4) is 11.5 Å². The molecule has 0 aliphatic carbocycles. The van der Waals surface area contributed by atoms with E-state index in [1.165, 1.54) is 0 Å². The van der Waals surface area contributed by atoms with Crippen molar-refractivity contribution in [2.45, 2.75) is 19.4 Å². The Kier molecular flexibility index (Phi) is 4.12. The molecule has 5 rings (SSSR count). The zero-order valence-electron chi connectivity index (χ0n) is 15.8. The number of carbonyl (C=O) groups is 2. The van der Waals surface area contributed by atoms with Gasteiger partial charge in [0.1, 0.15) is 5.82 Å². The highest BCUT2D eigenvalue weighted by Crippen LogP contribution is 2.37. The molecular formula is C21H20N4O4. The van der Waals surface area contributed by atoms with Crippen molar-refractivity contribution < 1.29 is 19.1 Å². The Hall–Kier alpha value is -3.55. The molecule has 0 bridgehead atoms. The number of nitrogens with one attached hydrogen (secondary N) is 2. The van der Waals surface area contributed by atoms with Crippen LogP contribution in [-0.4, -0.2) is 35.1 Å². The molecule has 0 spiro atoms. The topological polar surface area (TPSA) is 96.6 Å². The van der Waals surface area contributed by atoms with Gasteiger partial charge in [0, 0.05) is 24.7 Å². The molecule has 1 fully saturated rings. The first-order chi connectivity index (χ1) is 14.1. The Balaban J connectivity index is 1.27. The summed E-state index contributed by atoms with van der Waals surface area (Å²) in [7, 11) is 0. The number of para-hydroxylation sites is 2. The first kappa shape index (κ1) is 17.5. The number of aromatic amines is 1. The lowest BCUT2D eigenvalue weighted by molar-refractivity contribution is -0.126. The molecule has 29 heavy (non-hydrogen) atoms. The summed E-state index contributed by atoms with van der Waals surface area (Å²) in [6.45, 7) is 2.39. The second-order valence-electron chi connectivity index (χ2n) is 7.31. The summed E-state index contributed by atoms with van der Waals surface area (Å²) in [4.78, 5) is 34.7. The third-order valence-electron chi connectivity index (χ3n) is 5.34. The predicted octanol–water partition coefficient (Wildman–Crippen LogP) is 2.52. The van der Waals surface area contributed by atoms with Crippen molar-refractivity contribution >= 4 is 28.5 Å². The Morgan fingerprint density at radius 2 is 2.07 bits per heavy atom. The van der Waals surface area contributed by atoms with E-state index in [0.717, 1.165) is 11.0 Å². The van der Waals surface area contributed by atoms with Crippen molar-refractivity contribution in [2.24, 2.45) is 5.92 Å². The maximum atomic E-state index is 12.8. The molecule has 2 amide bonds. The average Bonchev–Trinajstić information content (AvgIpc) is 3.44. The number of amides is 2. The summed E-state index contributed by atoms with van der Waals surface area (Å²) in [6, 6.07) is 12.8. The quantitative estimate of drug-likeness (QED) is 0.711. The lowest BCUT2D eigenvalue weighted by Gasteiger charge is -2.18. The van der Waals surface area contributed by atoms with Crippen molar-refractivity contribution in [1.82, 2.24) is 15.3 Å². The number of benzene rings is 2. The molecule has 1 aromatic heterocycles. The molecule has 1 saturated heterocycles. The first-order valence-corrected chi connectivity index (χ1v) is 9.53. The lowest BCUT2D eigenvalue weighted by atomic mass is 10.1. The van der Waals surface area contributed by atoms with E-state index in [4.69, 9.17) is 9.47 Å². The zero-order valence-corrected chi connectivity index (χ0v) is 15.8. The standard InChI is InChI=1S/C21H20N4O4/c1-12(20-23-15-4-2-3-5-16(15)24-20)22-21(27)13-8-19(26)25(10-13)14-6-7-17-18(9-14)29-11-28-17/h2-7,9,12-13H,8,10-11H2,1H3,(H,22,27)(H,23,24). The van der Waals surface area contributed by atoms with Crippen LogP contribution in [0.2, 0.25) is 0 Å². The number of hydrogen-bond acceptors (Lipinski definition) is 5. The highest BCUT2D eigenvalue weighted by Gasteiger charge is 2.36. The fourth-order valence-corrected chi connectivity index (χ4v) is 3.76. The molecule has 2 atom stereocenters. The van der Waals surface area contributed by atoms with Gasteiger partial charge in [-0.1, -0.05) is 12.1 Å². The van der Waals surface area contributed by atoms with Gasteiger partial charge < -0.3 is 24.7 Å². The van der Waals surface area contributed by atoms with Crippen LogP contribution in [0.25, 0.3) is 11.0 Å². The highest BCUT2D eigenvalue weighted by atomic mass is 16.7. The third kappa shape index (κ3) is 3.16. The largest absolute Gasteiger partial charge is 0.454 e. The van der Waals surface area contributed by atoms with Gasteiger partial charge in [0.05, 0.1) is 23.0 Å². The second-order valence-corrected chi connectivity index (χ2v) is 7.31. The number of nitrogens with zero attached hydrogens (tertiary/aromatic N) is 2. The van der Waals surface area contributed by atoms with E-state index < -0.39 is 5.92 Å². The number of hydrogen-bond donors (Lipinski definition) is 2. The van der Waals surface area contributed by atoms with Gasteiger partial charge in [-0.05, 0) is 31.2 Å². The van der Waals surface area contributed by atoms with Gasteiger partial charge in [-0.3, -0.25) is 9.59 Å². The number of imidazole rings is 1. The number of carbonyl (C=O) groups excluding carboxylic acids is 2. The number of H-pyrrole nitrogens is 1. The minimum absolute atomic E-state index is 0.0830. The zero-order chi connectivity index (χ0) is 20.0. The maximum absolute atomic E-state index is 12.8. The van der Waals surface area contributed by atoms with E-state index in [1.54, 1.807) is 17.0 Å². The minimum Gasteiger partial charge on any atom is -0.454 e. The highest BCUT2D eigenvalue weighted by molar-refractivity contribution is 6.00. The average molecular weight is 392 g/mol. The van der Waals surface area contributed by atoms with Crippen LogP contribution >= 0.6 is 0 Å². The summed E-state index contributed by atoms with van der Waals surface area (Å²) in [5.74, 6) is 1.31. The van der Waals surface area contributed by atoms with E-state index in [0.29, 0.717) is 29.6 Å². The van der Waals surface area contributed by atoms with E-state index in [-0.39, 0.29) is 31.1 Å². The maximum Gasteiger partial charge on any atom is 0.231 e. The summed E-state index contributed by atoms with van der Waals surface area (Å²) < 4.78 is 10.7. The van der Waals surface area contributed by atoms with Gasteiger partial charge in [-0.15, -0.1) is 0 Å². The molecule has 3 aromatic rings. The summed E-state index contributed by atoms with van der Waals surface area (Å²) in [6.07, 6.45) is 0.174. The van der Waals surface area contributed by atoms with Crippen molar-refractivity contribution in [3.63, 3.8) is 0 Å². The molecule has 148 valence electrons. The molecule has 0 saturated carbocycles. The number of fused-ring (bicyclic) bond motifs is 2. The van der Waals surface area contributed by atoms with Crippen molar-refractivity contribution in [1.29, 1.82) is 0 Å². The van der Waals surface area contributed by atoms with Crippen LogP contribution in [0.3, 0.4) is 0 Å². The van der Waals surface area contributed by atoms with Crippen LogP contribution in [0.4, 0.5) is 5.69 Å². The lowest BCUT2D eigenvalue weighted by Crippen LogP contribution is -2.35. The number of ether oxygens (including phenoxy) is 2. The van der Waals surface area contributed by atoms with Crippen molar-refractivity contribution in [2.75, 3.05) is 18.2 Å². The van der Waals surface area contributed by atoms with E-state index in [1.807, 2.05) is 37.3 Å². The van der Waals surface area contributed by atoms with Gasteiger partial charge in [-0.2, -0.15) is 0 Å². The van der Waals surface area contributed by atoms with E-state index in [2.05, 4.69) is 15.3 Å². The molecule has 0 radical (unpaired) electrons. The fraction of sp³-hybridized carbons (Fsp3) is 0.286. The molecule has 8 nitrogen and oxygen atoms in total. The second kappa shape index (κ2) is 6.80. The molecule has 2 aliphatic rings. The Bertz CT molecular complexity index is 1080. The molecule has 2 unspecified atom stereocenters. The smallest absolute Gasteiger partial charge is 0.231 e. The molecule has 2 aromatic carbocycles. The van der Waals surface area contributed by atoms with E-state index in [9.17, 15) is 9.59 Å². The summed E-state index contributed by atoms with van der Waals surface area (Å²) >= 11 is 0. The summed E-state index contributed by atoms with van der Waals surface area (Å²) in [5, 5.41) is 2.98. The normalized spacial score (nSPS) is 19.0. The van der Waals surface area contributed by atoms with Crippen LogP contribution < -0.4 is 19.7 Å². The van der Waals surface area contributed by atoms with Gasteiger partial charge in [0.15, 0.2) is 11.5 Å². The van der Waals surface area contributed by atoms with Crippen LogP contribution in [0.1, 0.15) is 25.2 Å². The first-order valence-electron chi connectivity index (χ1n) is 9.53. The number of rotatable bonds is 4. The number of aromatic nitrogens is 2. The van der Waals surface area contributed by atoms with Crippen LogP contribution in [0.15, 0.2) is 42.5 Å². The Morgan fingerprint density at radius 1 is 1.24 bits per heavy atom. The van der Waals surface area contributed by atoms with E-state index >= 15 is 0 Å². The van der Waals surface area contributed by atoms with Crippen LogP contribution in [0.5, 0.6) is 11.5 Å². The fourth-order valence-electron chi connectivity index (χ4n) is 3.76. The predicted molar refractivity (Wildman–Crippen MR) is 106 cm³/mol. The SMILES string of the molecule is CC(NC(=O)C1CC(=O)N(c2ccc3c(c2)OCO3)C1)c1nc2ccccc2[nH]1. The molecule has 3 heterocycles. The van der Waals surface area contributed by atoms with Crippen LogP contribution in [0, 0.1) is 5.92 Å². The Morgan fingerprint density at radius 3 is 2.93 bits per heavy atom. The van der Waals surface area contributed by atoms with Gasteiger partial charge in [0.25, 0.3) is 0 Å². The van der Waals surface area contributed by atoms with Crippen molar-refractivity contribution in [3.05, 3.63) is 48.3 Å². The third-order valence-corrected chi connectivity index (χ3v) is 5.34. The molecule has 2 N–H and O–H groups in total.